The van der Waals surface area contributed by atoms with Gasteiger partial charge in [0.05, 0.1) is 6.42 Å². The molecule has 29 heavy (non-hydrogen) atoms. The third-order valence-electron chi connectivity index (χ3n) is 6.42. The zero-order chi connectivity index (χ0) is 20.4. The summed E-state index contributed by atoms with van der Waals surface area (Å²) < 4.78 is 0. The number of amides is 2. The maximum Gasteiger partial charge on any atom is 0.251 e. The molecule has 1 aliphatic heterocycles. The molecule has 4 rings (SSSR count). The molecular formula is C25H30N2O2. The molecule has 0 aromatic heterocycles. The molecule has 1 saturated carbocycles. The maximum atomic E-state index is 13.7. The number of hydrogen-bond acceptors (Lipinski definition) is 2. The van der Waals surface area contributed by atoms with Crippen molar-refractivity contribution >= 4 is 17.5 Å². The molecule has 2 aliphatic rings. The molecular weight excluding hydrogens is 360 g/mol. The summed E-state index contributed by atoms with van der Waals surface area (Å²) in [5.41, 5.74) is 1.92. The van der Waals surface area contributed by atoms with Gasteiger partial charge < -0.3 is 5.32 Å². The standard InChI is InChI=1S/C25H30N2O2/c1-18(2)19-13-15-20(16-14-19)25(24(29)26-21-9-5-3-6-10-21)17-23(28)27(25)22-11-7-4-8-12-22/h4,7-8,11-16,18,21H,3,5-6,9-10,17H2,1-2H3,(H,26,29). The molecule has 152 valence electrons. The Hall–Kier alpha value is -2.62. The van der Waals surface area contributed by atoms with Gasteiger partial charge in [-0.05, 0) is 42.0 Å². The van der Waals surface area contributed by atoms with Crippen molar-refractivity contribution in [1.29, 1.82) is 0 Å². The summed E-state index contributed by atoms with van der Waals surface area (Å²) >= 11 is 0. The predicted octanol–water partition coefficient (Wildman–Crippen LogP) is 4.89. The topological polar surface area (TPSA) is 49.4 Å². The molecule has 2 fully saturated rings. The van der Waals surface area contributed by atoms with Crippen LogP contribution in [0.25, 0.3) is 0 Å². The highest BCUT2D eigenvalue weighted by molar-refractivity contribution is 6.13. The van der Waals surface area contributed by atoms with Crippen LogP contribution in [0.2, 0.25) is 0 Å². The molecule has 0 radical (unpaired) electrons. The number of anilines is 1. The quantitative estimate of drug-likeness (QED) is 0.739. The molecule has 1 heterocycles. The van der Waals surface area contributed by atoms with Gasteiger partial charge in [-0.1, -0.05) is 75.6 Å². The number of rotatable bonds is 5. The van der Waals surface area contributed by atoms with E-state index in [1.807, 2.05) is 42.5 Å². The summed E-state index contributed by atoms with van der Waals surface area (Å²) in [6.45, 7) is 4.31. The lowest BCUT2D eigenvalue weighted by atomic mass is 9.75. The van der Waals surface area contributed by atoms with Crippen molar-refractivity contribution in [1.82, 2.24) is 5.32 Å². The van der Waals surface area contributed by atoms with E-state index in [0.717, 1.165) is 36.9 Å². The molecule has 1 atom stereocenters. The maximum absolute atomic E-state index is 13.7. The summed E-state index contributed by atoms with van der Waals surface area (Å²) in [5, 5.41) is 3.28. The number of β-lactam (4-membered cyclic amide) rings is 1. The number of nitrogens with one attached hydrogen (secondary N) is 1. The summed E-state index contributed by atoms with van der Waals surface area (Å²) in [7, 11) is 0. The number of carbonyl (C=O) groups excluding carboxylic acids is 2. The summed E-state index contributed by atoms with van der Waals surface area (Å²) in [5.74, 6) is 0.359. The second-order valence-electron chi connectivity index (χ2n) is 8.69. The zero-order valence-electron chi connectivity index (χ0n) is 17.4. The average Bonchev–Trinajstić information content (AvgIpc) is 2.73. The summed E-state index contributed by atoms with van der Waals surface area (Å²) in [6.07, 6.45) is 5.80. The third-order valence-corrected chi connectivity index (χ3v) is 6.42. The van der Waals surface area contributed by atoms with Crippen LogP contribution in [-0.4, -0.2) is 17.9 Å². The van der Waals surface area contributed by atoms with Crippen LogP contribution < -0.4 is 10.2 Å². The van der Waals surface area contributed by atoms with Gasteiger partial charge in [-0.15, -0.1) is 0 Å². The molecule has 4 nitrogen and oxygen atoms in total. The Morgan fingerprint density at radius 3 is 2.24 bits per heavy atom. The molecule has 2 amide bonds. The van der Waals surface area contributed by atoms with Crippen molar-refractivity contribution in [3.05, 3.63) is 65.7 Å². The van der Waals surface area contributed by atoms with Gasteiger partial charge in [0, 0.05) is 11.7 Å². The number of para-hydroxylation sites is 1. The Morgan fingerprint density at radius 2 is 1.66 bits per heavy atom. The highest BCUT2D eigenvalue weighted by atomic mass is 16.2. The molecule has 1 aliphatic carbocycles. The second-order valence-corrected chi connectivity index (χ2v) is 8.69. The third kappa shape index (κ3) is 3.57. The van der Waals surface area contributed by atoms with E-state index in [2.05, 4.69) is 31.3 Å². The molecule has 1 unspecified atom stereocenters. The molecule has 2 aromatic carbocycles. The van der Waals surface area contributed by atoms with E-state index in [9.17, 15) is 9.59 Å². The molecule has 2 aromatic rings. The minimum absolute atomic E-state index is 0.0112. The van der Waals surface area contributed by atoms with Gasteiger partial charge in [0.15, 0.2) is 5.54 Å². The predicted molar refractivity (Wildman–Crippen MR) is 116 cm³/mol. The van der Waals surface area contributed by atoms with Crippen LogP contribution in [0.1, 0.15) is 69.4 Å². The SMILES string of the molecule is CC(C)c1ccc(C2(C(=O)NC3CCCCC3)CC(=O)N2c2ccccc2)cc1. The second kappa shape index (κ2) is 8.02. The van der Waals surface area contributed by atoms with Crippen LogP contribution >= 0.6 is 0 Å². The lowest BCUT2D eigenvalue weighted by Crippen LogP contribution is -2.69. The fourth-order valence-electron chi connectivity index (χ4n) is 4.68. The van der Waals surface area contributed by atoms with E-state index < -0.39 is 5.54 Å². The van der Waals surface area contributed by atoms with E-state index in [1.54, 1.807) is 4.90 Å². The van der Waals surface area contributed by atoms with Crippen LogP contribution in [0.5, 0.6) is 0 Å². The van der Waals surface area contributed by atoms with Gasteiger partial charge in [-0.3, -0.25) is 14.5 Å². The van der Waals surface area contributed by atoms with E-state index >= 15 is 0 Å². The van der Waals surface area contributed by atoms with Gasteiger partial charge in [0.1, 0.15) is 0 Å². The van der Waals surface area contributed by atoms with Crippen molar-refractivity contribution in [2.24, 2.45) is 0 Å². The van der Waals surface area contributed by atoms with Gasteiger partial charge in [0.25, 0.3) is 5.91 Å². The van der Waals surface area contributed by atoms with Crippen molar-refractivity contribution in [2.75, 3.05) is 4.90 Å². The zero-order valence-corrected chi connectivity index (χ0v) is 17.4. The molecule has 1 N–H and O–H groups in total. The monoisotopic (exact) mass is 390 g/mol. The lowest BCUT2D eigenvalue weighted by Gasteiger charge is -2.51. The van der Waals surface area contributed by atoms with Gasteiger partial charge in [-0.2, -0.15) is 0 Å². The first-order valence-electron chi connectivity index (χ1n) is 10.8. The van der Waals surface area contributed by atoms with Gasteiger partial charge in [0.2, 0.25) is 5.91 Å². The van der Waals surface area contributed by atoms with Crippen molar-refractivity contribution in [2.45, 2.75) is 69.9 Å². The van der Waals surface area contributed by atoms with E-state index in [4.69, 9.17) is 0 Å². The minimum Gasteiger partial charge on any atom is -0.351 e. The van der Waals surface area contributed by atoms with Gasteiger partial charge >= 0.3 is 0 Å². The van der Waals surface area contributed by atoms with Crippen LogP contribution in [0.3, 0.4) is 0 Å². The first-order chi connectivity index (χ1) is 14.0. The molecule has 4 heteroatoms. The Morgan fingerprint density at radius 1 is 1.00 bits per heavy atom. The summed E-state index contributed by atoms with van der Waals surface area (Å²) in [6, 6.07) is 18.0. The summed E-state index contributed by atoms with van der Waals surface area (Å²) in [4.78, 5) is 28.1. The van der Waals surface area contributed by atoms with Crippen LogP contribution in [0.15, 0.2) is 54.6 Å². The van der Waals surface area contributed by atoms with Crippen molar-refractivity contribution in [3.8, 4) is 0 Å². The fraction of sp³-hybridized carbons (Fsp3) is 0.440. The number of nitrogens with zero attached hydrogens (tertiary/aromatic N) is 1. The van der Waals surface area contributed by atoms with Crippen LogP contribution in [0, 0.1) is 0 Å². The lowest BCUT2D eigenvalue weighted by molar-refractivity contribution is -0.141. The molecule has 0 spiro atoms. The Kier molecular flexibility index (Phi) is 5.44. The first-order valence-corrected chi connectivity index (χ1v) is 10.8. The number of carbonyl (C=O) groups is 2. The van der Waals surface area contributed by atoms with Crippen LogP contribution in [-0.2, 0) is 15.1 Å². The fourth-order valence-corrected chi connectivity index (χ4v) is 4.68. The Labute approximate surface area is 173 Å². The smallest absolute Gasteiger partial charge is 0.251 e. The number of hydrogen-bond donors (Lipinski definition) is 1. The number of benzene rings is 2. The van der Waals surface area contributed by atoms with Crippen molar-refractivity contribution in [3.63, 3.8) is 0 Å². The normalized spacial score (nSPS) is 22.4. The minimum atomic E-state index is -0.967. The Balaban J connectivity index is 1.72. The largest absolute Gasteiger partial charge is 0.351 e. The van der Waals surface area contributed by atoms with E-state index in [0.29, 0.717) is 5.92 Å². The van der Waals surface area contributed by atoms with Crippen molar-refractivity contribution < 1.29 is 9.59 Å². The molecule has 1 saturated heterocycles. The van der Waals surface area contributed by atoms with Gasteiger partial charge in [-0.25, -0.2) is 0 Å². The first kappa shape index (κ1) is 19.7. The molecule has 0 bridgehead atoms. The highest BCUT2D eigenvalue weighted by Crippen LogP contribution is 2.45. The Bertz CT molecular complexity index is 869. The van der Waals surface area contributed by atoms with E-state index in [-0.39, 0.29) is 24.3 Å². The highest BCUT2D eigenvalue weighted by Gasteiger charge is 2.58. The van der Waals surface area contributed by atoms with Crippen LogP contribution in [0.4, 0.5) is 5.69 Å². The average molecular weight is 391 g/mol. The van der Waals surface area contributed by atoms with E-state index in [1.165, 1.54) is 12.0 Å².